The molecule has 6 nitrogen and oxygen atoms in total. The number of aliphatic hydroxyl groups is 1. The van der Waals surface area contributed by atoms with E-state index in [0.717, 1.165) is 16.7 Å². The molecule has 1 saturated heterocycles. The van der Waals surface area contributed by atoms with Gasteiger partial charge in [-0.25, -0.2) is 9.59 Å². The Labute approximate surface area is 167 Å². The highest BCUT2D eigenvalue weighted by Gasteiger charge is 2.36. The molecule has 0 unspecified atom stereocenters. The Morgan fingerprint density at radius 1 is 1.18 bits per heavy atom. The first-order valence-corrected chi connectivity index (χ1v) is 9.70. The Morgan fingerprint density at radius 2 is 1.75 bits per heavy atom. The summed E-state index contributed by atoms with van der Waals surface area (Å²) < 4.78 is 10.3. The van der Waals surface area contributed by atoms with Gasteiger partial charge in [-0.15, -0.1) is 0 Å². The number of carbonyl (C=O) groups excluding carboxylic acids is 2. The SMILES string of the molecule is CCOC(=O)/C=C(/C)c1ccc(C2(O)CCN(C(=O)OC(C)(C)C)CC2)cc1. The number of nitrogens with zero attached hydrogens (tertiary/aromatic N) is 1. The van der Waals surface area contributed by atoms with Crippen molar-refractivity contribution in [3.05, 3.63) is 41.5 Å². The van der Waals surface area contributed by atoms with Gasteiger partial charge >= 0.3 is 12.1 Å². The highest BCUT2D eigenvalue weighted by atomic mass is 16.6. The minimum atomic E-state index is -0.976. The molecule has 1 heterocycles. The van der Waals surface area contributed by atoms with E-state index in [0.29, 0.717) is 32.5 Å². The molecular formula is C22H31NO5. The molecule has 0 aromatic heterocycles. The second-order valence-electron chi connectivity index (χ2n) is 8.16. The van der Waals surface area contributed by atoms with Crippen LogP contribution >= 0.6 is 0 Å². The second kappa shape index (κ2) is 8.78. The van der Waals surface area contributed by atoms with Crippen LogP contribution in [0.4, 0.5) is 4.79 Å². The van der Waals surface area contributed by atoms with E-state index in [4.69, 9.17) is 9.47 Å². The minimum absolute atomic E-state index is 0.342. The lowest BCUT2D eigenvalue weighted by Gasteiger charge is -2.39. The number of esters is 1. The fourth-order valence-corrected chi connectivity index (χ4v) is 3.16. The fraction of sp³-hybridized carbons (Fsp3) is 0.545. The van der Waals surface area contributed by atoms with Crippen LogP contribution in [0.1, 0.15) is 58.6 Å². The molecule has 0 bridgehead atoms. The highest BCUT2D eigenvalue weighted by Crippen LogP contribution is 2.34. The molecule has 0 saturated carbocycles. The number of benzene rings is 1. The van der Waals surface area contributed by atoms with Gasteiger partial charge < -0.3 is 19.5 Å². The molecule has 0 aliphatic carbocycles. The van der Waals surface area contributed by atoms with Crippen LogP contribution in [0, 0.1) is 0 Å². The Morgan fingerprint density at radius 3 is 2.25 bits per heavy atom. The molecule has 0 radical (unpaired) electrons. The van der Waals surface area contributed by atoms with E-state index < -0.39 is 11.2 Å². The van der Waals surface area contributed by atoms with E-state index in [2.05, 4.69) is 0 Å². The van der Waals surface area contributed by atoms with Gasteiger partial charge in [0.1, 0.15) is 5.60 Å². The summed E-state index contributed by atoms with van der Waals surface area (Å²) in [5, 5.41) is 11.1. The maximum atomic E-state index is 12.2. The lowest BCUT2D eigenvalue weighted by molar-refractivity contribution is -0.137. The van der Waals surface area contributed by atoms with Gasteiger partial charge in [0.25, 0.3) is 0 Å². The molecule has 0 atom stereocenters. The second-order valence-corrected chi connectivity index (χ2v) is 8.16. The standard InChI is InChI=1S/C22H31NO5/c1-6-27-19(24)15-16(2)17-7-9-18(10-8-17)22(26)11-13-23(14-12-22)20(25)28-21(3,4)5/h7-10,15,26H,6,11-14H2,1-5H3/b16-15-. The Balaban J connectivity index is 2.02. The Bertz CT molecular complexity index is 722. The van der Waals surface area contributed by atoms with Gasteiger partial charge in [0.15, 0.2) is 0 Å². The number of allylic oxidation sites excluding steroid dienone is 1. The molecular weight excluding hydrogens is 358 g/mol. The van der Waals surface area contributed by atoms with Crippen LogP contribution in [0.25, 0.3) is 5.57 Å². The summed E-state index contributed by atoms with van der Waals surface area (Å²) in [5.74, 6) is -0.364. The zero-order valence-electron chi connectivity index (χ0n) is 17.4. The average molecular weight is 389 g/mol. The number of amides is 1. The molecule has 1 aromatic rings. The number of ether oxygens (including phenoxy) is 2. The number of likely N-dealkylation sites (tertiary alicyclic amines) is 1. The molecule has 0 spiro atoms. The third kappa shape index (κ3) is 5.83. The van der Waals surface area contributed by atoms with Crippen molar-refractivity contribution in [2.75, 3.05) is 19.7 Å². The van der Waals surface area contributed by atoms with Crippen LogP contribution in [-0.2, 0) is 19.9 Å². The number of rotatable bonds is 4. The predicted octanol–water partition coefficient (Wildman–Crippen LogP) is 3.87. The molecule has 1 aliphatic heterocycles. The van der Waals surface area contributed by atoms with Gasteiger partial charge in [0, 0.05) is 19.2 Å². The summed E-state index contributed by atoms with van der Waals surface area (Å²) in [6.45, 7) is 10.4. The summed E-state index contributed by atoms with van der Waals surface area (Å²) >= 11 is 0. The lowest BCUT2D eigenvalue weighted by Crippen LogP contribution is -2.46. The fourth-order valence-electron chi connectivity index (χ4n) is 3.16. The number of hydrogen-bond acceptors (Lipinski definition) is 5. The van der Waals surface area contributed by atoms with Gasteiger partial charge in [0.2, 0.25) is 0 Å². The third-order valence-electron chi connectivity index (χ3n) is 4.74. The summed E-state index contributed by atoms with van der Waals surface area (Å²) in [6, 6.07) is 7.53. The average Bonchev–Trinajstić information content (AvgIpc) is 2.61. The van der Waals surface area contributed by atoms with Crippen molar-refractivity contribution in [1.29, 1.82) is 0 Å². The van der Waals surface area contributed by atoms with Crippen molar-refractivity contribution >= 4 is 17.6 Å². The zero-order chi connectivity index (χ0) is 20.9. The molecule has 2 rings (SSSR count). The van der Waals surface area contributed by atoms with Gasteiger partial charge in [-0.3, -0.25) is 0 Å². The van der Waals surface area contributed by atoms with Crippen LogP contribution in [0.15, 0.2) is 30.3 Å². The van der Waals surface area contributed by atoms with E-state index in [1.807, 2.05) is 52.0 Å². The zero-order valence-corrected chi connectivity index (χ0v) is 17.4. The van der Waals surface area contributed by atoms with Gasteiger partial charge in [0.05, 0.1) is 12.2 Å². The lowest BCUT2D eigenvalue weighted by atomic mass is 9.84. The van der Waals surface area contributed by atoms with Crippen molar-refractivity contribution in [3.8, 4) is 0 Å². The maximum absolute atomic E-state index is 12.2. The first-order chi connectivity index (χ1) is 13.0. The topological polar surface area (TPSA) is 76.1 Å². The third-order valence-corrected chi connectivity index (χ3v) is 4.74. The molecule has 1 aromatic carbocycles. The van der Waals surface area contributed by atoms with Gasteiger partial charge in [-0.2, -0.15) is 0 Å². The van der Waals surface area contributed by atoms with Crippen molar-refractivity contribution < 1.29 is 24.2 Å². The summed E-state index contributed by atoms with van der Waals surface area (Å²) in [4.78, 5) is 25.4. The quantitative estimate of drug-likeness (QED) is 0.625. The number of hydrogen-bond donors (Lipinski definition) is 1. The van der Waals surface area contributed by atoms with Crippen LogP contribution in [0.3, 0.4) is 0 Å². The molecule has 1 amide bonds. The molecule has 1 N–H and O–H groups in total. The minimum Gasteiger partial charge on any atom is -0.463 e. The van der Waals surface area contributed by atoms with Crippen LogP contribution in [-0.4, -0.2) is 47.4 Å². The van der Waals surface area contributed by atoms with Crippen molar-refractivity contribution in [3.63, 3.8) is 0 Å². The van der Waals surface area contributed by atoms with Crippen molar-refractivity contribution in [2.24, 2.45) is 0 Å². The van der Waals surface area contributed by atoms with Crippen LogP contribution in [0.2, 0.25) is 0 Å². The molecule has 154 valence electrons. The van der Waals surface area contributed by atoms with E-state index in [9.17, 15) is 14.7 Å². The molecule has 1 aliphatic rings. The van der Waals surface area contributed by atoms with Gasteiger partial charge in [-0.05, 0) is 64.2 Å². The maximum Gasteiger partial charge on any atom is 0.410 e. The predicted molar refractivity (Wildman–Crippen MR) is 108 cm³/mol. The molecule has 1 fully saturated rings. The molecule has 28 heavy (non-hydrogen) atoms. The molecule has 6 heteroatoms. The van der Waals surface area contributed by atoms with Crippen LogP contribution in [0.5, 0.6) is 0 Å². The number of carbonyl (C=O) groups is 2. The normalized spacial score (nSPS) is 17.2. The number of piperidine rings is 1. The van der Waals surface area contributed by atoms with Gasteiger partial charge in [-0.1, -0.05) is 24.3 Å². The van der Waals surface area contributed by atoms with E-state index in [1.54, 1.807) is 11.8 Å². The van der Waals surface area contributed by atoms with Crippen molar-refractivity contribution in [2.45, 2.75) is 58.7 Å². The van der Waals surface area contributed by atoms with E-state index in [-0.39, 0.29) is 12.1 Å². The summed E-state index contributed by atoms with van der Waals surface area (Å²) in [6.07, 6.45) is 2.02. The first kappa shape index (κ1) is 22.0. The first-order valence-electron chi connectivity index (χ1n) is 9.70. The largest absolute Gasteiger partial charge is 0.463 e. The Kier molecular flexibility index (Phi) is 6.88. The van der Waals surface area contributed by atoms with E-state index in [1.165, 1.54) is 6.08 Å². The monoisotopic (exact) mass is 389 g/mol. The Hall–Kier alpha value is -2.34. The highest BCUT2D eigenvalue weighted by molar-refractivity contribution is 5.90. The smallest absolute Gasteiger partial charge is 0.410 e. The van der Waals surface area contributed by atoms with E-state index >= 15 is 0 Å². The summed E-state index contributed by atoms with van der Waals surface area (Å²) in [7, 11) is 0. The summed E-state index contributed by atoms with van der Waals surface area (Å²) in [5.41, 5.74) is 0.998. The van der Waals surface area contributed by atoms with Crippen LogP contribution < -0.4 is 0 Å². The van der Waals surface area contributed by atoms with Crippen molar-refractivity contribution in [1.82, 2.24) is 4.90 Å².